The highest BCUT2D eigenvalue weighted by molar-refractivity contribution is 5.89. The third kappa shape index (κ3) is 4.73. The fourth-order valence-electron chi connectivity index (χ4n) is 9.59. The number of nitrogens with zero attached hydrogens (tertiary/aromatic N) is 1. The molecule has 1 aromatic rings. The van der Waals surface area contributed by atoms with E-state index in [0.29, 0.717) is 47.3 Å². The maximum Gasteiger partial charge on any atom is 0.338 e. The highest BCUT2D eigenvalue weighted by Gasteiger charge is 2.62. The van der Waals surface area contributed by atoms with E-state index < -0.39 is 0 Å². The van der Waals surface area contributed by atoms with Crippen LogP contribution in [-0.2, 0) is 4.74 Å². The number of nitro groups is 1. The van der Waals surface area contributed by atoms with Gasteiger partial charge in [-0.05, 0) is 97.0 Å². The van der Waals surface area contributed by atoms with Gasteiger partial charge >= 0.3 is 5.97 Å². The van der Waals surface area contributed by atoms with E-state index in [1.54, 1.807) is 12.1 Å². The first-order chi connectivity index (χ1) is 18.0. The van der Waals surface area contributed by atoms with Gasteiger partial charge in [-0.3, -0.25) is 10.1 Å². The Bertz CT molecular complexity index is 1080. The van der Waals surface area contributed by atoms with E-state index in [0.717, 1.165) is 36.2 Å². The van der Waals surface area contributed by atoms with Crippen molar-refractivity contribution in [1.29, 1.82) is 0 Å². The number of hydrogen-bond acceptors (Lipinski definition) is 4. The summed E-state index contributed by atoms with van der Waals surface area (Å²) in [4.78, 5) is 25.2. The number of hydrogen-bond donors (Lipinski definition) is 0. The summed E-state index contributed by atoms with van der Waals surface area (Å²) in [5, 5.41) is 12.5. The van der Waals surface area contributed by atoms with Gasteiger partial charge in [-0.1, -0.05) is 65.7 Å². The third-order valence-electron chi connectivity index (χ3n) is 11.6. The molecule has 3 fully saturated rings. The number of carbonyl (C=O) groups is 1. The van der Waals surface area contributed by atoms with Crippen LogP contribution in [0.3, 0.4) is 0 Å². The summed E-state index contributed by atoms with van der Waals surface area (Å²) in [6.45, 7) is 11.9. The maximum absolute atomic E-state index is 12.8. The lowest BCUT2D eigenvalue weighted by Crippen LogP contribution is -2.52. The molecule has 0 radical (unpaired) electrons. The zero-order chi connectivity index (χ0) is 27.2. The minimum Gasteiger partial charge on any atom is -0.458 e. The molecule has 4 aliphatic carbocycles. The molecule has 8 atom stereocenters. The van der Waals surface area contributed by atoms with Gasteiger partial charge in [-0.15, -0.1) is 0 Å². The molecule has 0 amide bonds. The molecule has 0 saturated heterocycles. The summed E-state index contributed by atoms with van der Waals surface area (Å²) in [5.41, 5.74) is 2.09. The Labute approximate surface area is 228 Å². The van der Waals surface area contributed by atoms with E-state index in [-0.39, 0.29) is 22.4 Å². The molecule has 0 aliphatic heterocycles. The molecule has 0 heterocycles. The minimum atomic E-state index is -0.326. The van der Waals surface area contributed by atoms with Crippen molar-refractivity contribution in [3.63, 3.8) is 0 Å². The van der Waals surface area contributed by atoms with Gasteiger partial charge in [-0.2, -0.15) is 0 Å². The lowest BCUT2D eigenvalue weighted by atomic mass is 9.46. The predicted molar refractivity (Wildman–Crippen MR) is 150 cm³/mol. The van der Waals surface area contributed by atoms with Crippen molar-refractivity contribution >= 4 is 5.97 Å². The zero-order valence-corrected chi connectivity index (χ0v) is 24.1. The van der Waals surface area contributed by atoms with Crippen molar-refractivity contribution in [2.75, 3.05) is 0 Å². The standard InChI is InChI=1S/C33H47NO4/c1-21(2)11-12-22(3)26-13-14-27-25-20-30(34(36)37)29-19-24(38-31(35)23-9-7-6-8-10-23)15-17-33(29,5)28(25)16-18-32(26,27)4/h6-10,21-22,24-28H,11-20H2,1-5H3/t22-,24-,25+,26-,27+,28+,32-,33-/m1/s1. The molecule has 0 spiro atoms. The quantitative estimate of drug-likeness (QED) is 0.205. The van der Waals surface area contributed by atoms with Crippen LogP contribution in [0.2, 0.25) is 0 Å². The summed E-state index contributed by atoms with van der Waals surface area (Å²) < 4.78 is 5.91. The fraction of sp³-hybridized carbons (Fsp3) is 0.727. The normalized spacial score (nSPS) is 37.3. The second kappa shape index (κ2) is 10.4. The molecule has 38 heavy (non-hydrogen) atoms. The van der Waals surface area contributed by atoms with Gasteiger partial charge < -0.3 is 4.74 Å². The largest absolute Gasteiger partial charge is 0.458 e. The van der Waals surface area contributed by atoms with Gasteiger partial charge in [0.2, 0.25) is 5.70 Å². The Balaban J connectivity index is 1.38. The van der Waals surface area contributed by atoms with Crippen LogP contribution in [0.25, 0.3) is 0 Å². The van der Waals surface area contributed by atoms with Crippen molar-refractivity contribution in [2.24, 2.45) is 46.3 Å². The van der Waals surface area contributed by atoms with Gasteiger partial charge in [0.25, 0.3) is 0 Å². The van der Waals surface area contributed by atoms with E-state index in [1.165, 1.54) is 38.5 Å². The van der Waals surface area contributed by atoms with Crippen LogP contribution >= 0.6 is 0 Å². The van der Waals surface area contributed by atoms with E-state index >= 15 is 0 Å². The summed E-state index contributed by atoms with van der Waals surface area (Å²) in [6.07, 6.45) is 9.96. The Hall–Kier alpha value is -2.17. The maximum atomic E-state index is 12.8. The average molecular weight is 522 g/mol. The second-order valence-corrected chi connectivity index (χ2v) is 14.0. The second-order valence-electron chi connectivity index (χ2n) is 14.0. The Morgan fingerprint density at radius 3 is 2.42 bits per heavy atom. The smallest absolute Gasteiger partial charge is 0.338 e. The molecule has 0 bridgehead atoms. The highest BCUT2D eigenvalue weighted by atomic mass is 16.6. The first-order valence-electron chi connectivity index (χ1n) is 15.2. The van der Waals surface area contributed by atoms with Gasteiger partial charge in [0.15, 0.2) is 0 Å². The van der Waals surface area contributed by atoms with Gasteiger partial charge in [-0.25, -0.2) is 4.79 Å². The number of benzene rings is 1. The van der Waals surface area contributed by atoms with E-state index in [9.17, 15) is 14.9 Å². The van der Waals surface area contributed by atoms with Crippen LogP contribution in [0.5, 0.6) is 0 Å². The molecule has 5 rings (SSSR count). The third-order valence-corrected chi connectivity index (χ3v) is 11.6. The van der Waals surface area contributed by atoms with Crippen LogP contribution < -0.4 is 0 Å². The lowest BCUT2D eigenvalue weighted by molar-refractivity contribution is -0.434. The fourth-order valence-corrected chi connectivity index (χ4v) is 9.59. The summed E-state index contributed by atoms with van der Waals surface area (Å²) in [6, 6.07) is 9.07. The number of allylic oxidation sites excluding steroid dienone is 1. The van der Waals surface area contributed by atoms with Gasteiger partial charge in [0.1, 0.15) is 6.10 Å². The van der Waals surface area contributed by atoms with Crippen LogP contribution in [-0.4, -0.2) is 17.0 Å². The van der Waals surface area contributed by atoms with Crippen molar-refractivity contribution in [1.82, 2.24) is 0 Å². The van der Waals surface area contributed by atoms with E-state index in [1.807, 2.05) is 18.2 Å². The van der Waals surface area contributed by atoms with E-state index in [4.69, 9.17) is 4.74 Å². The number of rotatable bonds is 7. The Morgan fingerprint density at radius 2 is 1.74 bits per heavy atom. The summed E-state index contributed by atoms with van der Waals surface area (Å²) in [5.74, 6) is 3.34. The lowest BCUT2D eigenvalue weighted by Gasteiger charge is -2.58. The molecule has 5 nitrogen and oxygen atoms in total. The van der Waals surface area contributed by atoms with Crippen molar-refractivity contribution in [2.45, 2.75) is 105 Å². The summed E-state index contributed by atoms with van der Waals surface area (Å²) >= 11 is 0. The molecule has 0 aromatic heterocycles. The number of ether oxygens (including phenoxy) is 1. The highest BCUT2D eigenvalue weighted by Crippen LogP contribution is 2.68. The molecule has 0 N–H and O–H groups in total. The Kier molecular flexibility index (Phi) is 7.52. The first kappa shape index (κ1) is 27.4. The van der Waals surface area contributed by atoms with Crippen molar-refractivity contribution in [3.05, 3.63) is 57.3 Å². The van der Waals surface area contributed by atoms with Gasteiger partial charge in [0.05, 0.1) is 10.5 Å². The molecule has 208 valence electrons. The molecule has 3 saturated carbocycles. The predicted octanol–water partition coefficient (Wildman–Crippen LogP) is 8.47. The topological polar surface area (TPSA) is 69.4 Å². The molecule has 5 heteroatoms. The SMILES string of the molecule is CC(C)CC[C@@H](C)[C@H]1CC[C@H]2[C@@H]3CC([N+](=O)[O-])=C4C[C@H](OC(=O)c5ccccc5)CC[C@]4(C)[C@H]3CC[C@]12C. The molecular weight excluding hydrogens is 474 g/mol. The van der Waals surface area contributed by atoms with Crippen LogP contribution in [0.4, 0.5) is 0 Å². The number of esters is 1. The number of carbonyl (C=O) groups excluding carboxylic acids is 1. The minimum absolute atomic E-state index is 0.0885. The zero-order valence-electron chi connectivity index (χ0n) is 24.1. The van der Waals surface area contributed by atoms with E-state index in [2.05, 4.69) is 34.6 Å². The monoisotopic (exact) mass is 521 g/mol. The molecule has 4 aliphatic rings. The van der Waals surface area contributed by atoms with Crippen molar-refractivity contribution < 1.29 is 14.5 Å². The van der Waals surface area contributed by atoms with Crippen LogP contribution in [0.15, 0.2) is 41.6 Å². The van der Waals surface area contributed by atoms with Crippen molar-refractivity contribution in [3.8, 4) is 0 Å². The molecule has 1 aromatic carbocycles. The average Bonchev–Trinajstić information content (AvgIpc) is 3.25. The number of fused-ring (bicyclic) bond motifs is 5. The molecule has 0 unspecified atom stereocenters. The summed E-state index contributed by atoms with van der Waals surface area (Å²) in [7, 11) is 0. The van der Waals surface area contributed by atoms with Gasteiger partial charge in [0, 0.05) is 18.4 Å². The first-order valence-corrected chi connectivity index (χ1v) is 15.2. The Morgan fingerprint density at radius 1 is 1.00 bits per heavy atom. The molecular formula is C33H47NO4. The van der Waals surface area contributed by atoms with Crippen LogP contribution in [0, 0.1) is 56.5 Å². The van der Waals surface area contributed by atoms with Crippen LogP contribution in [0.1, 0.15) is 109 Å².